The van der Waals surface area contributed by atoms with Gasteiger partial charge in [-0.2, -0.15) is 0 Å². The Morgan fingerprint density at radius 2 is 2.24 bits per heavy atom. The predicted octanol–water partition coefficient (Wildman–Crippen LogP) is 0.840. The van der Waals surface area contributed by atoms with E-state index in [0.717, 1.165) is 0 Å². The van der Waals surface area contributed by atoms with Crippen molar-refractivity contribution in [3.8, 4) is 12.3 Å². The Balaban J connectivity index is 2.33. The zero-order chi connectivity index (χ0) is 15.6. The SMILES string of the molecule is C#CCN(C(=O)c1cccc(N)c1C)C1CCS(=O)(=O)C1. The van der Waals surface area contributed by atoms with Crippen LogP contribution in [-0.4, -0.2) is 43.3 Å². The third-order valence-electron chi connectivity index (χ3n) is 3.78. The summed E-state index contributed by atoms with van der Waals surface area (Å²) in [6.45, 7) is 1.86. The standard InChI is InChI=1S/C15H18N2O3S/c1-3-8-17(12-7-9-21(19,20)10-12)15(18)13-5-4-6-14(16)11(13)2/h1,4-6,12H,7-10,16H2,2H3. The van der Waals surface area contributed by atoms with Crippen molar-refractivity contribution < 1.29 is 13.2 Å². The average molecular weight is 306 g/mol. The van der Waals surface area contributed by atoms with Crippen LogP contribution in [-0.2, 0) is 9.84 Å². The van der Waals surface area contributed by atoms with Crippen LogP contribution in [0.2, 0.25) is 0 Å². The van der Waals surface area contributed by atoms with Crippen molar-refractivity contribution in [1.29, 1.82) is 0 Å². The first-order valence-corrected chi connectivity index (χ1v) is 8.48. The highest BCUT2D eigenvalue weighted by Crippen LogP contribution is 2.22. The van der Waals surface area contributed by atoms with E-state index in [-0.39, 0.29) is 30.0 Å². The molecule has 1 fully saturated rings. The summed E-state index contributed by atoms with van der Waals surface area (Å²) in [5, 5.41) is 0. The van der Waals surface area contributed by atoms with E-state index >= 15 is 0 Å². The first kappa shape index (κ1) is 15.4. The van der Waals surface area contributed by atoms with Gasteiger partial charge in [0.1, 0.15) is 0 Å². The number of terminal acetylenes is 1. The highest BCUT2D eigenvalue weighted by Gasteiger charge is 2.35. The Bertz CT molecular complexity index is 704. The van der Waals surface area contributed by atoms with Gasteiger partial charge in [-0.25, -0.2) is 8.42 Å². The van der Waals surface area contributed by atoms with E-state index < -0.39 is 9.84 Å². The van der Waals surface area contributed by atoms with E-state index in [2.05, 4.69) is 5.92 Å². The molecule has 2 rings (SSSR count). The molecule has 5 nitrogen and oxygen atoms in total. The lowest BCUT2D eigenvalue weighted by molar-refractivity contribution is 0.0723. The van der Waals surface area contributed by atoms with Crippen LogP contribution < -0.4 is 5.73 Å². The quantitative estimate of drug-likeness (QED) is 0.663. The maximum atomic E-state index is 12.7. The van der Waals surface area contributed by atoms with Crippen molar-refractivity contribution in [3.63, 3.8) is 0 Å². The zero-order valence-corrected chi connectivity index (χ0v) is 12.7. The molecule has 21 heavy (non-hydrogen) atoms. The van der Waals surface area contributed by atoms with Crippen LogP contribution in [0.1, 0.15) is 22.3 Å². The second kappa shape index (κ2) is 5.78. The van der Waals surface area contributed by atoms with Crippen molar-refractivity contribution in [1.82, 2.24) is 4.90 Å². The molecule has 1 aromatic carbocycles. The summed E-state index contributed by atoms with van der Waals surface area (Å²) in [6, 6.07) is 4.74. The van der Waals surface area contributed by atoms with Gasteiger partial charge in [0.25, 0.3) is 5.91 Å². The number of rotatable bonds is 3. The molecule has 1 heterocycles. The van der Waals surface area contributed by atoms with Gasteiger partial charge in [0.2, 0.25) is 0 Å². The van der Waals surface area contributed by atoms with Crippen LogP contribution in [0.3, 0.4) is 0 Å². The van der Waals surface area contributed by atoms with E-state index in [4.69, 9.17) is 12.2 Å². The topological polar surface area (TPSA) is 80.5 Å². The van der Waals surface area contributed by atoms with Crippen LogP contribution in [0.5, 0.6) is 0 Å². The van der Waals surface area contributed by atoms with Gasteiger partial charge in [-0.15, -0.1) is 6.42 Å². The molecule has 1 amide bonds. The van der Waals surface area contributed by atoms with Crippen LogP contribution in [0.4, 0.5) is 5.69 Å². The third kappa shape index (κ3) is 3.19. The van der Waals surface area contributed by atoms with Crippen molar-refractivity contribution in [2.45, 2.75) is 19.4 Å². The molecular weight excluding hydrogens is 288 g/mol. The monoisotopic (exact) mass is 306 g/mol. The number of benzene rings is 1. The molecule has 1 unspecified atom stereocenters. The Labute approximate surface area is 125 Å². The number of hydrogen-bond acceptors (Lipinski definition) is 4. The molecule has 6 heteroatoms. The van der Waals surface area contributed by atoms with Gasteiger partial charge in [0.15, 0.2) is 9.84 Å². The maximum absolute atomic E-state index is 12.7. The minimum Gasteiger partial charge on any atom is -0.398 e. The molecule has 2 N–H and O–H groups in total. The second-order valence-electron chi connectivity index (χ2n) is 5.21. The lowest BCUT2D eigenvalue weighted by Crippen LogP contribution is -2.41. The number of nitrogens with two attached hydrogens (primary N) is 1. The average Bonchev–Trinajstić information content (AvgIpc) is 2.78. The molecular formula is C15H18N2O3S. The summed E-state index contributed by atoms with van der Waals surface area (Å²) >= 11 is 0. The smallest absolute Gasteiger partial charge is 0.255 e. The number of hydrogen-bond donors (Lipinski definition) is 1. The van der Waals surface area contributed by atoms with Gasteiger partial charge in [0, 0.05) is 17.3 Å². The summed E-state index contributed by atoms with van der Waals surface area (Å²) in [7, 11) is -3.08. The summed E-state index contributed by atoms with van der Waals surface area (Å²) in [5.41, 5.74) is 7.50. The molecule has 0 spiro atoms. The summed E-state index contributed by atoms with van der Waals surface area (Å²) in [6.07, 6.45) is 5.76. The van der Waals surface area contributed by atoms with Crippen LogP contribution in [0, 0.1) is 19.3 Å². The van der Waals surface area contributed by atoms with Gasteiger partial charge in [-0.3, -0.25) is 4.79 Å². The summed E-state index contributed by atoms with van der Waals surface area (Å²) in [4.78, 5) is 14.2. The Morgan fingerprint density at radius 3 is 2.81 bits per heavy atom. The minimum atomic E-state index is -3.08. The molecule has 0 bridgehead atoms. The summed E-state index contributed by atoms with van der Waals surface area (Å²) in [5.74, 6) is 2.24. The van der Waals surface area contributed by atoms with Crippen molar-refractivity contribution in [2.75, 3.05) is 23.8 Å². The first-order valence-electron chi connectivity index (χ1n) is 6.65. The number of carbonyl (C=O) groups is 1. The second-order valence-corrected chi connectivity index (χ2v) is 7.44. The number of amides is 1. The molecule has 1 atom stereocenters. The molecule has 112 valence electrons. The molecule has 0 radical (unpaired) electrons. The first-order chi connectivity index (χ1) is 9.85. The Hall–Kier alpha value is -2.00. The Kier molecular flexibility index (Phi) is 4.24. The molecule has 1 aromatic rings. The molecule has 0 aromatic heterocycles. The van der Waals surface area contributed by atoms with E-state index in [1.54, 1.807) is 25.1 Å². The van der Waals surface area contributed by atoms with Gasteiger partial charge >= 0.3 is 0 Å². The van der Waals surface area contributed by atoms with Crippen molar-refractivity contribution in [3.05, 3.63) is 29.3 Å². The fraction of sp³-hybridized carbons (Fsp3) is 0.400. The Morgan fingerprint density at radius 1 is 1.52 bits per heavy atom. The number of anilines is 1. The number of carbonyl (C=O) groups excluding carboxylic acids is 1. The van der Waals surface area contributed by atoms with E-state index in [1.807, 2.05) is 0 Å². The van der Waals surface area contributed by atoms with Crippen LogP contribution >= 0.6 is 0 Å². The van der Waals surface area contributed by atoms with Gasteiger partial charge in [-0.1, -0.05) is 12.0 Å². The van der Waals surface area contributed by atoms with Gasteiger partial charge in [-0.05, 0) is 31.0 Å². The zero-order valence-electron chi connectivity index (χ0n) is 11.9. The fourth-order valence-corrected chi connectivity index (χ4v) is 4.26. The largest absolute Gasteiger partial charge is 0.398 e. The maximum Gasteiger partial charge on any atom is 0.255 e. The highest BCUT2D eigenvalue weighted by atomic mass is 32.2. The number of sulfone groups is 1. The third-order valence-corrected chi connectivity index (χ3v) is 5.53. The number of nitrogen functional groups attached to an aromatic ring is 1. The molecule has 1 saturated heterocycles. The molecule has 1 aliphatic heterocycles. The lowest BCUT2D eigenvalue weighted by atomic mass is 10.0. The molecule has 0 saturated carbocycles. The van der Waals surface area contributed by atoms with Crippen molar-refractivity contribution >= 4 is 21.4 Å². The van der Waals surface area contributed by atoms with Crippen LogP contribution in [0.15, 0.2) is 18.2 Å². The minimum absolute atomic E-state index is 0.0260. The van der Waals surface area contributed by atoms with E-state index in [9.17, 15) is 13.2 Å². The summed E-state index contributed by atoms with van der Waals surface area (Å²) < 4.78 is 23.2. The number of nitrogens with zero attached hydrogens (tertiary/aromatic N) is 1. The van der Waals surface area contributed by atoms with E-state index in [0.29, 0.717) is 23.2 Å². The fourth-order valence-electron chi connectivity index (χ4n) is 2.53. The van der Waals surface area contributed by atoms with Gasteiger partial charge < -0.3 is 10.6 Å². The van der Waals surface area contributed by atoms with E-state index in [1.165, 1.54) is 4.90 Å². The molecule has 0 aliphatic carbocycles. The van der Waals surface area contributed by atoms with Crippen molar-refractivity contribution in [2.24, 2.45) is 0 Å². The predicted molar refractivity (Wildman–Crippen MR) is 82.5 cm³/mol. The lowest BCUT2D eigenvalue weighted by Gasteiger charge is -2.27. The normalized spacial score (nSPS) is 19.9. The van der Waals surface area contributed by atoms with Crippen LogP contribution in [0.25, 0.3) is 0 Å². The molecule has 1 aliphatic rings. The highest BCUT2D eigenvalue weighted by molar-refractivity contribution is 7.91. The van der Waals surface area contributed by atoms with Gasteiger partial charge in [0.05, 0.1) is 18.1 Å².